The van der Waals surface area contributed by atoms with E-state index in [0.29, 0.717) is 6.42 Å². The summed E-state index contributed by atoms with van der Waals surface area (Å²) in [5, 5.41) is 21.8. The number of halogens is 1. The maximum atomic E-state index is 12.2. The van der Waals surface area contributed by atoms with E-state index in [0.717, 1.165) is 5.56 Å². The predicted molar refractivity (Wildman–Crippen MR) is 81.6 cm³/mol. The molecular weight excluding hydrogens is 290 g/mol. The lowest BCUT2D eigenvalue weighted by Gasteiger charge is -2.17. The van der Waals surface area contributed by atoms with Gasteiger partial charge >= 0.3 is 0 Å². The van der Waals surface area contributed by atoms with Crippen LogP contribution in [-0.2, 0) is 6.42 Å². The minimum Gasteiger partial charge on any atom is -0.508 e. The average molecular weight is 306 g/mol. The van der Waals surface area contributed by atoms with E-state index >= 15 is 0 Å². The highest BCUT2D eigenvalue weighted by Crippen LogP contribution is 2.21. The smallest absolute Gasteiger partial charge is 0.253 e. The first kappa shape index (κ1) is 15.4. The fraction of sp³-hybridized carbons (Fsp3) is 0.188. The molecule has 2 aromatic carbocycles. The number of hydrogen-bond donors (Lipinski definition) is 3. The summed E-state index contributed by atoms with van der Waals surface area (Å²) in [5.41, 5.74) is 1.20. The summed E-state index contributed by atoms with van der Waals surface area (Å²) < 4.78 is 0. The van der Waals surface area contributed by atoms with Gasteiger partial charge in [-0.1, -0.05) is 41.9 Å². The molecule has 0 fully saturated rings. The molecular formula is C16H16ClNO3. The van der Waals surface area contributed by atoms with E-state index in [1.54, 1.807) is 0 Å². The maximum Gasteiger partial charge on any atom is 0.253 e. The molecule has 0 saturated carbocycles. The van der Waals surface area contributed by atoms with Crippen LogP contribution in [-0.4, -0.2) is 28.8 Å². The summed E-state index contributed by atoms with van der Waals surface area (Å²) in [5.74, 6) is -0.459. The van der Waals surface area contributed by atoms with Gasteiger partial charge in [0.1, 0.15) is 5.75 Å². The molecule has 0 bridgehead atoms. The minimum absolute atomic E-state index is 0.0341. The van der Waals surface area contributed by atoms with Crippen LogP contribution in [0.15, 0.2) is 48.5 Å². The molecule has 21 heavy (non-hydrogen) atoms. The monoisotopic (exact) mass is 305 g/mol. The van der Waals surface area contributed by atoms with Crippen molar-refractivity contribution in [2.24, 2.45) is 0 Å². The van der Waals surface area contributed by atoms with E-state index in [1.165, 1.54) is 18.2 Å². The zero-order chi connectivity index (χ0) is 15.2. The van der Waals surface area contributed by atoms with Gasteiger partial charge in [0.05, 0.1) is 23.2 Å². The topological polar surface area (TPSA) is 69.6 Å². The minimum atomic E-state index is -0.425. The molecule has 0 aromatic heterocycles. The van der Waals surface area contributed by atoms with E-state index < -0.39 is 11.9 Å². The summed E-state index contributed by atoms with van der Waals surface area (Å²) >= 11 is 5.94. The summed E-state index contributed by atoms with van der Waals surface area (Å²) in [6.45, 7) is -0.183. The number of aliphatic hydroxyl groups is 1. The Kier molecular flexibility index (Phi) is 5.20. The van der Waals surface area contributed by atoms with Gasteiger partial charge < -0.3 is 15.5 Å². The van der Waals surface area contributed by atoms with Gasteiger partial charge in [0.15, 0.2) is 0 Å². The number of nitrogens with one attached hydrogen (secondary N) is 1. The highest BCUT2D eigenvalue weighted by atomic mass is 35.5. The highest BCUT2D eigenvalue weighted by Gasteiger charge is 2.16. The van der Waals surface area contributed by atoms with Crippen LogP contribution in [0.5, 0.6) is 5.75 Å². The first-order valence-corrected chi connectivity index (χ1v) is 6.92. The molecule has 3 N–H and O–H groups in total. The number of carbonyl (C=O) groups excluding carboxylic acids is 1. The SMILES string of the molecule is O=C(N[C@@H](CO)Cc1ccccc1)c1cc(O)ccc1Cl. The zero-order valence-electron chi connectivity index (χ0n) is 11.3. The first-order valence-electron chi connectivity index (χ1n) is 6.54. The molecule has 0 unspecified atom stereocenters. The lowest BCUT2D eigenvalue weighted by Crippen LogP contribution is -2.39. The predicted octanol–water partition coefficient (Wildman–Crippen LogP) is 2.38. The lowest BCUT2D eigenvalue weighted by molar-refractivity contribution is 0.0916. The summed E-state index contributed by atoms with van der Waals surface area (Å²) in [6.07, 6.45) is 0.513. The summed E-state index contributed by atoms with van der Waals surface area (Å²) in [4.78, 5) is 12.2. The Balaban J connectivity index is 2.07. The van der Waals surface area contributed by atoms with Crippen molar-refractivity contribution in [3.63, 3.8) is 0 Å². The van der Waals surface area contributed by atoms with Crippen LogP contribution in [0.2, 0.25) is 5.02 Å². The molecule has 0 aliphatic rings. The Bertz CT molecular complexity index is 616. The first-order chi connectivity index (χ1) is 10.1. The van der Waals surface area contributed by atoms with E-state index in [1.807, 2.05) is 30.3 Å². The molecule has 0 spiro atoms. The van der Waals surface area contributed by atoms with Crippen molar-refractivity contribution in [3.8, 4) is 5.75 Å². The molecule has 0 heterocycles. The number of carbonyl (C=O) groups is 1. The molecule has 0 aliphatic heterocycles. The number of aromatic hydroxyl groups is 1. The van der Waals surface area contributed by atoms with Gasteiger partial charge in [-0.3, -0.25) is 4.79 Å². The molecule has 1 amide bonds. The molecule has 5 heteroatoms. The van der Waals surface area contributed by atoms with Crippen molar-refractivity contribution in [3.05, 3.63) is 64.7 Å². The maximum absolute atomic E-state index is 12.2. The van der Waals surface area contributed by atoms with Crippen LogP contribution in [0.1, 0.15) is 15.9 Å². The highest BCUT2D eigenvalue weighted by molar-refractivity contribution is 6.33. The van der Waals surface area contributed by atoms with Crippen LogP contribution in [0.4, 0.5) is 0 Å². The van der Waals surface area contributed by atoms with Gasteiger partial charge in [-0.15, -0.1) is 0 Å². The van der Waals surface area contributed by atoms with E-state index in [9.17, 15) is 15.0 Å². The Morgan fingerprint density at radius 2 is 1.90 bits per heavy atom. The molecule has 0 saturated heterocycles. The number of phenolic OH excluding ortho intramolecular Hbond substituents is 1. The van der Waals surface area contributed by atoms with Crippen molar-refractivity contribution in [2.75, 3.05) is 6.61 Å². The second-order valence-electron chi connectivity index (χ2n) is 4.71. The fourth-order valence-corrected chi connectivity index (χ4v) is 2.21. The van der Waals surface area contributed by atoms with Crippen molar-refractivity contribution in [2.45, 2.75) is 12.5 Å². The lowest BCUT2D eigenvalue weighted by atomic mass is 10.1. The van der Waals surface area contributed by atoms with Crippen molar-refractivity contribution < 1.29 is 15.0 Å². The van der Waals surface area contributed by atoms with Crippen LogP contribution < -0.4 is 5.32 Å². The second-order valence-corrected chi connectivity index (χ2v) is 5.11. The number of benzene rings is 2. The van der Waals surface area contributed by atoms with E-state index in [4.69, 9.17) is 11.6 Å². The molecule has 0 aliphatic carbocycles. The third-order valence-corrected chi connectivity index (χ3v) is 3.40. The standard InChI is InChI=1S/C16H16ClNO3/c17-15-7-6-13(20)9-14(15)16(21)18-12(10-19)8-11-4-2-1-3-5-11/h1-7,9,12,19-20H,8,10H2,(H,18,21)/t12-/m1/s1. The Labute approximate surface area is 128 Å². The number of phenols is 1. The molecule has 2 aromatic rings. The third kappa shape index (κ3) is 4.21. The van der Waals surface area contributed by atoms with E-state index in [2.05, 4.69) is 5.32 Å². The zero-order valence-corrected chi connectivity index (χ0v) is 12.0. The quantitative estimate of drug-likeness (QED) is 0.794. The molecule has 110 valence electrons. The fourth-order valence-electron chi connectivity index (χ4n) is 2.01. The van der Waals surface area contributed by atoms with E-state index in [-0.39, 0.29) is 22.9 Å². The summed E-state index contributed by atoms with van der Waals surface area (Å²) in [6, 6.07) is 13.3. The van der Waals surface area contributed by atoms with Gasteiger partial charge in [-0.05, 0) is 30.2 Å². The molecule has 0 radical (unpaired) electrons. The number of rotatable bonds is 5. The van der Waals surface area contributed by atoms with Crippen LogP contribution in [0.25, 0.3) is 0 Å². The van der Waals surface area contributed by atoms with Crippen molar-refractivity contribution in [1.29, 1.82) is 0 Å². The van der Waals surface area contributed by atoms with Crippen molar-refractivity contribution >= 4 is 17.5 Å². The third-order valence-electron chi connectivity index (χ3n) is 3.08. The Hall–Kier alpha value is -2.04. The second kappa shape index (κ2) is 7.11. The average Bonchev–Trinajstić information content (AvgIpc) is 2.50. The number of aliphatic hydroxyl groups excluding tert-OH is 1. The van der Waals surface area contributed by atoms with Gasteiger partial charge in [-0.2, -0.15) is 0 Å². The normalized spacial score (nSPS) is 11.9. The van der Waals surface area contributed by atoms with Gasteiger partial charge in [0, 0.05) is 0 Å². The summed E-state index contributed by atoms with van der Waals surface area (Å²) in [7, 11) is 0. The van der Waals surface area contributed by atoms with Crippen molar-refractivity contribution in [1.82, 2.24) is 5.32 Å². The van der Waals surface area contributed by atoms with Crippen LogP contribution >= 0.6 is 11.6 Å². The van der Waals surface area contributed by atoms with Gasteiger partial charge in [0.2, 0.25) is 0 Å². The number of amides is 1. The largest absolute Gasteiger partial charge is 0.508 e. The van der Waals surface area contributed by atoms with Gasteiger partial charge in [0.25, 0.3) is 5.91 Å². The molecule has 4 nitrogen and oxygen atoms in total. The van der Waals surface area contributed by atoms with Crippen LogP contribution in [0, 0.1) is 0 Å². The van der Waals surface area contributed by atoms with Crippen LogP contribution in [0.3, 0.4) is 0 Å². The molecule has 2 rings (SSSR count). The Morgan fingerprint density at radius 1 is 1.19 bits per heavy atom. The molecule has 1 atom stereocenters. The van der Waals surface area contributed by atoms with Gasteiger partial charge in [-0.25, -0.2) is 0 Å². The Morgan fingerprint density at radius 3 is 2.57 bits per heavy atom. The number of hydrogen-bond acceptors (Lipinski definition) is 3.